The van der Waals surface area contributed by atoms with Crippen LogP contribution in [0.15, 0.2) is 0 Å². The van der Waals surface area contributed by atoms with Crippen LogP contribution in [-0.2, 0) is 7.05 Å². The molecule has 1 aromatic heterocycles. The molecule has 0 unspecified atom stereocenters. The van der Waals surface area contributed by atoms with Crippen molar-refractivity contribution < 1.29 is 4.79 Å². The SMILES string of the molecule is CNc1c(Cl)c(C(N)=O)nn1C. The van der Waals surface area contributed by atoms with E-state index >= 15 is 0 Å². The highest BCUT2D eigenvalue weighted by Gasteiger charge is 2.16. The number of carbonyl (C=O) groups excluding carboxylic acids is 1. The van der Waals surface area contributed by atoms with Crippen molar-refractivity contribution in [2.75, 3.05) is 12.4 Å². The van der Waals surface area contributed by atoms with E-state index in [4.69, 9.17) is 17.3 Å². The summed E-state index contributed by atoms with van der Waals surface area (Å²) in [7, 11) is 3.36. The van der Waals surface area contributed by atoms with Crippen LogP contribution >= 0.6 is 11.6 Å². The molecular weight excluding hydrogens is 180 g/mol. The molecule has 3 N–H and O–H groups in total. The van der Waals surface area contributed by atoms with E-state index in [2.05, 4.69) is 10.4 Å². The van der Waals surface area contributed by atoms with Crippen molar-refractivity contribution >= 4 is 23.3 Å². The number of nitrogens with one attached hydrogen (secondary N) is 1. The van der Waals surface area contributed by atoms with Crippen LogP contribution in [0.5, 0.6) is 0 Å². The van der Waals surface area contributed by atoms with Crippen molar-refractivity contribution in [2.45, 2.75) is 0 Å². The monoisotopic (exact) mass is 188 g/mol. The van der Waals surface area contributed by atoms with Crippen molar-refractivity contribution in [2.24, 2.45) is 12.8 Å². The Bertz CT molecular complexity index is 320. The van der Waals surface area contributed by atoms with E-state index in [1.807, 2.05) is 0 Å². The number of carbonyl (C=O) groups is 1. The molecule has 0 fully saturated rings. The van der Waals surface area contributed by atoms with Gasteiger partial charge in [-0.05, 0) is 0 Å². The summed E-state index contributed by atoms with van der Waals surface area (Å²) in [6.45, 7) is 0. The van der Waals surface area contributed by atoms with Gasteiger partial charge in [0, 0.05) is 14.1 Å². The van der Waals surface area contributed by atoms with Crippen LogP contribution in [0.1, 0.15) is 10.5 Å². The normalized spacial score (nSPS) is 9.92. The zero-order chi connectivity index (χ0) is 9.30. The number of anilines is 1. The molecule has 0 saturated heterocycles. The first-order valence-electron chi connectivity index (χ1n) is 3.28. The zero-order valence-corrected chi connectivity index (χ0v) is 7.51. The maximum atomic E-state index is 10.7. The second kappa shape index (κ2) is 3.02. The molecule has 1 rings (SSSR count). The van der Waals surface area contributed by atoms with E-state index in [1.165, 1.54) is 4.68 Å². The van der Waals surface area contributed by atoms with Crippen LogP contribution in [0.25, 0.3) is 0 Å². The standard InChI is InChI=1S/C6H9ClN4O/c1-9-6-3(7)4(5(8)12)10-11(6)2/h9H,1-2H3,(H2,8,12). The van der Waals surface area contributed by atoms with E-state index < -0.39 is 5.91 Å². The Hall–Kier alpha value is -1.23. The lowest BCUT2D eigenvalue weighted by atomic mass is 10.4. The Morgan fingerprint density at radius 1 is 1.75 bits per heavy atom. The van der Waals surface area contributed by atoms with Crippen LogP contribution < -0.4 is 11.1 Å². The molecule has 0 spiro atoms. The molecule has 0 saturated carbocycles. The molecule has 1 heterocycles. The smallest absolute Gasteiger partial charge is 0.270 e. The fourth-order valence-corrected chi connectivity index (χ4v) is 1.27. The van der Waals surface area contributed by atoms with Crippen molar-refractivity contribution in [3.05, 3.63) is 10.7 Å². The van der Waals surface area contributed by atoms with Crippen molar-refractivity contribution in [1.82, 2.24) is 9.78 Å². The fraction of sp³-hybridized carbons (Fsp3) is 0.333. The third kappa shape index (κ3) is 1.23. The lowest BCUT2D eigenvalue weighted by molar-refractivity contribution is 0.0995. The van der Waals surface area contributed by atoms with Gasteiger partial charge in [0.05, 0.1) is 0 Å². The number of aromatic nitrogens is 2. The molecule has 5 nitrogen and oxygen atoms in total. The summed E-state index contributed by atoms with van der Waals surface area (Å²) < 4.78 is 1.46. The minimum Gasteiger partial charge on any atom is -0.372 e. The summed E-state index contributed by atoms with van der Waals surface area (Å²) >= 11 is 5.78. The second-order valence-electron chi connectivity index (χ2n) is 2.25. The maximum Gasteiger partial charge on any atom is 0.270 e. The van der Waals surface area contributed by atoms with Gasteiger partial charge in [-0.15, -0.1) is 0 Å². The molecule has 1 aromatic rings. The minimum absolute atomic E-state index is 0.0866. The lowest BCUT2D eigenvalue weighted by Crippen LogP contribution is -2.12. The summed E-state index contributed by atoms with van der Waals surface area (Å²) in [6.07, 6.45) is 0. The van der Waals surface area contributed by atoms with Crippen molar-refractivity contribution in [3.8, 4) is 0 Å². The third-order valence-corrected chi connectivity index (χ3v) is 1.82. The van der Waals surface area contributed by atoms with Crippen LogP contribution in [-0.4, -0.2) is 22.7 Å². The van der Waals surface area contributed by atoms with Gasteiger partial charge in [-0.25, -0.2) is 0 Å². The molecule has 1 amide bonds. The number of halogens is 1. The predicted molar refractivity (Wildman–Crippen MR) is 46.3 cm³/mol. The molecule has 0 aromatic carbocycles. The van der Waals surface area contributed by atoms with Crippen molar-refractivity contribution in [1.29, 1.82) is 0 Å². The van der Waals surface area contributed by atoms with Gasteiger partial charge in [0.25, 0.3) is 5.91 Å². The molecule has 0 radical (unpaired) electrons. The summed E-state index contributed by atoms with van der Waals surface area (Å²) in [5.74, 6) is -0.0532. The Kier molecular flexibility index (Phi) is 2.23. The highest BCUT2D eigenvalue weighted by molar-refractivity contribution is 6.35. The Morgan fingerprint density at radius 2 is 2.33 bits per heavy atom. The number of nitrogens with zero attached hydrogens (tertiary/aromatic N) is 2. The summed E-state index contributed by atoms with van der Waals surface area (Å²) in [5, 5.41) is 6.88. The van der Waals surface area contributed by atoms with E-state index in [1.54, 1.807) is 14.1 Å². The van der Waals surface area contributed by atoms with Gasteiger partial charge in [-0.3, -0.25) is 9.48 Å². The van der Waals surface area contributed by atoms with E-state index in [0.29, 0.717) is 5.82 Å². The van der Waals surface area contributed by atoms with Crippen molar-refractivity contribution in [3.63, 3.8) is 0 Å². The highest BCUT2D eigenvalue weighted by Crippen LogP contribution is 2.23. The molecule has 0 aliphatic heterocycles. The quantitative estimate of drug-likeness (QED) is 0.697. The van der Waals surface area contributed by atoms with Gasteiger partial charge in [0.15, 0.2) is 5.69 Å². The van der Waals surface area contributed by atoms with Gasteiger partial charge in [0.1, 0.15) is 10.8 Å². The Morgan fingerprint density at radius 3 is 2.58 bits per heavy atom. The number of nitrogens with two attached hydrogens (primary N) is 1. The average Bonchev–Trinajstić information content (AvgIpc) is 2.27. The average molecular weight is 189 g/mol. The molecule has 6 heteroatoms. The van der Waals surface area contributed by atoms with Gasteiger partial charge in [-0.2, -0.15) is 5.10 Å². The number of hydrogen-bond acceptors (Lipinski definition) is 3. The summed E-state index contributed by atoms with van der Waals surface area (Å²) in [6, 6.07) is 0. The number of aryl methyl sites for hydroxylation is 1. The van der Waals surface area contributed by atoms with Gasteiger partial charge >= 0.3 is 0 Å². The van der Waals surface area contributed by atoms with E-state index in [0.717, 1.165) is 0 Å². The first-order valence-corrected chi connectivity index (χ1v) is 3.65. The first-order chi connectivity index (χ1) is 5.57. The Balaban J connectivity index is 3.26. The number of primary amides is 1. The molecule has 0 aliphatic carbocycles. The number of rotatable bonds is 2. The Labute approximate surface area is 74.5 Å². The lowest BCUT2D eigenvalue weighted by Gasteiger charge is -1.98. The molecule has 0 atom stereocenters. The fourth-order valence-electron chi connectivity index (χ4n) is 0.927. The van der Waals surface area contributed by atoms with Crippen LogP contribution in [0.4, 0.5) is 5.82 Å². The third-order valence-electron chi connectivity index (χ3n) is 1.46. The van der Waals surface area contributed by atoms with E-state index in [-0.39, 0.29) is 10.7 Å². The predicted octanol–water partition coefficient (Wildman–Crippen LogP) is 0.214. The van der Waals surface area contributed by atoms with E-state index in [9.17, 15) is 4.79 Å². The number of amides is 1. The number of hydrogen-bond donors (Lipinski definition) is 2. The second-order valence-corrected chi connectivity index (χ2v) is 2.63. The molecular formula is C6H9ClN4O. The van der Waals surface area contributed by atoms with Gasteiger partial charge in [0.2, 0.25) is 0 Å². The van der Waals surface area contributed by atoms with Gasteiger partial charge < -0.3 is 11.1 Å². The molecule has 0 bridgehead atoms. The zero-order valence-electron chi connectivity index (χ0n) is 6.76. The first kappa shape index (κ1) is 8.86. The molecule has 0 aliphatic rings. The largest absolute Gasteiger partial charge is 0.372 e. The summed E-state index contributed by atoms with van der Waals surface area (Å²) in [4.78, 5) is 10.7. The topological polar surface area (TPSA) is 72.9 Å². The highest BCUT2D eigenvalue weighted by atomic mass is 35.5. The maximum absolute atomic E-state index is 10.7. The molecule has 12 heavy (non-hydrogen) atoms. The van der Waals surface area contributed by atoms with Crippen LogP contribution in [0.2, 0.25) is 5.02 Å². The van der Waals surface area contributed by atoms with Crippen LogP contribution in [0.3, 0.4) is 0 Å². The van der Waals surface area contributed by atoms with Crippen LogP contribution in [0, 0.1) is 0 Å². The molecule has 66 valence electrons. The summed E-state index contributed by atoms with van der Waals surface area (Å²) in [5.41, 5.74) is 5.11. The van der Waals surface area contributed by atoms with Gasteiger partial charge in [-0.1, -0.05) is 11.6 Å². The minimum atomic E-state index is -0.628.